The van der Waals surface area contributed by atoms with E-state index in [0.29, 0.717) is 11.6 Å². The van der Waals surface area contributed by atoms with Crippen LogP contribution < -0.4 is 5.32 Å². The summed E-state index contributed by atoms with van der Waals surface area (Å²) >= 11 is 0. The lowest BCUT2D eigenvalue weighted by Gasteiger charge is -2.41. The molecular weight excluding hydrogens is 208 g/mol. The van der Waals surface area contributed by atoms with Gasteiger partial charge in [0.15, 0.2) is 0 Å². The largest absolute Gasteiger partial charge is 0.310 e. The average molecular weight is 236 g/mol. The van der Waals surface area contributed by atoms with E-state index in [1.165, 1.54) is 58.2 Å². The summed E-state index contributed by atoms with van der Waals surface area (Å²) in [6.07, 6.45) is 11.5. The molecule has 1 heterocycles. The Morgan fingerprint density at radius 2 is 2.06 bits per heavy atom. The molecule has 0 aromatic rings. The van der Waals surface area contributed by atoms with E-state index in [1.807, 2.05) is 0 Å². The smallest absolute Gasteiger partial charge is 0.0308 e. The average Bonchev–Trinajstić information content (AvgIpc) is 2.54. The number of hydrogen-bond acceptors (Lipinski definition) is 2. The predicted molar refractivity (Wildman–Crippen MR) is 74.3 cm³/mol. The highest BCUT2D eigenvalue weighted by atomic mass is 15.2. The Bertz CT molecular complexity index is 243. The van der Waals surface area contributed by atoms with Gasteiger partial charge in [0.2, 0.25) is 0 Å². The van der Waals surface area contributed by atoms with Crippen LogP contribution in [0.15, 0.2) is 12.7 Å². The van der Waals surface area contributed by atoms with E-state index in [0.717, 1.165) is 6.42 Å². The van der Waals surface area contributed by atoms with Crippen molar-refractivity contribution in [2.24, 2.45) is 0 Å². The van der Waals surface area contributed by atoms with Crippen molar-refractivity contribution in [1.82, 2.24) is 10.2 Å². The maximum atomic E-state index is 3.88. The van der Waals surface area contributed by atoms with Gasteiger partial charge in [0.1, 0.15) is 0 Å². The molecule has 0 aromatic heterocycles. The summed E-state index contributed by atoms with van der Waals surface area (Å²) < 4.78 is 0. The van der Waals surface area contributed by atoms with Crippen LogP contribution in [0.1, 0.15) is 51.9 Å². The highest BCUT2D eigenvalue weighted by Gasteiger charge is 2.35. The summed E-state index contributed by atoms with van der Waals surface area (Å²) in [5.74, 6) is 0. The van der Waals surface area contributed by atoms with Crippen LogP contribution in [0.5, 0.6) is 0 Å². The monoisotopic (exact) mass is 236 g/mol. The van der Waals surface area contributed by atoms with Gasteiger partial charge in [-0.05, 0) is 45.7 Å². The SMILES string of the molecule is C=CCC(C)N1CCCNC2(CCCCC2)C1. The molecule has 2 nitrogen and oxygen atoms in total. The first-order valence-corrected chi connectivity index (χ1v) is 7.36. The van der Waals surface area contributed by atoms with Crippen LogP contribution in [0, 0.1) is 0 Å². The quantitative estimate of drug-likeness (QED) is 0.758. The molecule has 1 saturated heterocycles. The highest BCUT2D eigenvalue weighted by Crippen LogP contribution is 2.31. The molecule has 0 radical (unpaired) electrons. The summed E-state index contributed by atoms with van der Waals surface area (Å²) in [6, 6.07) is 0.659. The molecule has 17 heavy (non-hydrogen) atoms. The van der Waals surface area contributed by atoms with Crippen molar-refractivity contribution in [2.45, 2.75) is 63.5 Å². The van der Waals surface area contributed by atoms with Crippen molar-refractivity contribution in [3.8, 4) is 0 Å². The molecule has 1 atom stereocenters. The molecule has 2 aliphatic rings. The van der Waals surface area contributed by atoms with E-state index in [4.69, 9.17) is 0 Å². The summed E-state index contributed by atoms with van der Waals surface area (Å²) in [6.45, 7) is 9.94. The third-order valence-corrected chi connectivity index (χ3v) is 4.57. The minimum Gasteiger partial charge on any atom is -0.310 e. The standard InChI is InChI=1S/C15H28N2/c1-3-8-14(2)17-12-7-11-16-15(13-17)9-5-4-6-10-15/h3,14,16H,1,4-13H2,2H3. The van der Waals surface area contributed by atoms with Crippen LogP contribution in [0.25, 0.3) is 0 Å². The van der Waals surface area contributed by atoms with Crippen molar-refractivity contribution >= 4 is 0 Å². The Morgan fingerprint density at radius 1 is 1.29 bits per heavy atom. The lowest BCUT2D eigenvalue weighted by atomic mass is 9.81. The van der Waals surface area contributed by atoms with Gasteiger partial charge in [-0.2, -0.15) is 0 Å². The second-order valence-corrected chi connectivity index (χ2v) is 5.97. The van der Waals surface area contributed by atoms with Gasteiger partial charge < -0.3 is 5.32 Å². The fourth-order valence-electron chi connectivity index (χ4n) is 3.49. The Kier molecular flexibility index (Phi) is 4.63. The summed E-state index contributed by atoms with van der Waals surface area (Å²) in [5, 5.41) is 3.86. The van der Waals surface area contributed by atoms with Gasteiger partial charge in [0.05, 0.1) is 0 Å². The molecule has 2 fully saturated rings. The molecule has 1 saturated carbocycles. The second kappa shape index (κ2) is 6.01. The minimum absolute atomic E-state index is 0.435. The predicted octanol–water partition coefficient (Wildman–Crippen LogP) is 2.95. The maximum absolute atomic E-state index is 3.88. The third-order valence-electron chi connectivity index (χ3n) is 4.57. The number of hydrogen-bond donors (Lipinski definition) is 1. The van der Waals surface area contributed by atoms with Crippen LogP contribution >= 0.6 is 0 Å². The van der Waals surface area contributed by atoms with Crippen molar-refractivity contribution in [1.29, 1.82) is 0 Å². The van der Waals surface area contributed by atoms with E-state index in [9.17, 15) is 0 Å². The van der Waals surface area contributed by atoms with Crippen molar-refractivity contribution in [3.05, 3.63) is 12.7 Å². The summed E-state index contributed by atoms with van der Waals surface area (Å²) in [4.78, 5) is 2.69. The number of nitrogens with zero attached hydrogens (tertiary/aromatic N) is 1. The molecule has 1 N–H and O–H groups in total. The van der Waals surface area contributed by atoms with E-state index < -0.39 is 0 Å². The molecular formula is C15H28N2. The lowest BCUT2D eigenvalue weighted by molar-refractivity contribution is 0.135. The van der Waals surface area contributed by atoms with Crippen LogP contribution in [0.3, 0.4) is 0 Å². The van der Waals surface area contributed by atoms with Crippen LogP contribution in [-0.2, 0) is 0 Å². The zero-order valence-corrected chi connectivity index (χ0v) is 11.4. The zero-order valence-electron chi connectivity index (χ0n) is 11.4. The first-order chi connectivity index (χ1) is 8.26. The van der Waals surface area contributed by atoms with Crippen molar-refractivity contribution < 1.29 is 0 Å². The maximum Gasteiger partial charge on any atom is 0.0308 e. The normalized spacial score (nSPS) is 27.6. The van der Waals surface area contributed by atoms with Gasteiger partial charge in [0, 0.05) is 18.1 Å². The zero-order chi connectivity index (χ0) is 12.1. The van der Waals surface area contributed by atoms with Gasteiger partial charge >= 0.3 is 0 Å². The van der Waals surface area contributed by atoms with E-state index in [2.05, 4.69) is 29.8 Å². The minimum atomic E-state index is 0.435. The number of nitrogens with one attached hydrogen (secondary N) is 1. The first-order valence-electron chi connectivity index (χ1n) is 7.36. The fraction of sp³-hybridized carbons (Fsp3) is 0.867. The first kappa shape index (κ1) is 13.1. The number of rotatable bonds is 3. The van der Waals surface area contributed by atoms with Crippen LogP contribution in [-0.4, -0.2) is 36.1 Å². The highest BCUT2D eigenvalue weighted by molar-refractivity contribution is 4.96. The molecule has 1 aliphatic heterocycles. The molecule has 1 spiro atoms. The van der Waals surface area contributed by atoms with Crippen LogP contribution in [0.2, 0.25) is 0 Å². The fourth-order valence-corrected chi connectivity index (χ4v) is 3.49. The van der Waals surface area contributed by atoms with Crippen molar-refractivity contribution in [3.63, 3.8) is 0 Å². The Hall–Kier alpha value is -0.340. The van der Waals surface area contributed by atoms with E-state index in [-0.39, 0.29) is 0 Å². The Labute approximate surface area is 106 Å². The molecule has 2 rings (SSSR count). The Balaban J connectivity index is 2.00. The van der Waals surface area contributed by atoms with E-state index >= 15 is 0 Å². The van der Waals surface area contributed by atoms with Gasteiger partial charge in [-0.15, -0.1) is 6.58 Å². The molecule has 1 unspecified atom stereocenters. The molecule has 0 bridgehead atoms. The topological polar surface area (TPSA) is 15.3 Å². The van der Waals surface area contributed by atoms with E-state index in [1.54, 1.807) is 0 Å². The van der Waals surface area contributed by atoms with Crippen LogP contribution in [0.4, 0.5) is 0 Å². The lowest BCUT2D eigenvalue weighted by Crippen LogP contribution is -2.54. The molecule has 1 aliphatic carbocycles. The van der Waals surface area contributed by atoms with Crippen molar-refractivity contribution in [2.75, 3.05) is 19.6 Å². The Morgan fingerprint density at radius 3 is 2.76 bits per heavy atom. The van der Waals surface area contributed by atoms with Gasteiger partial charge in [0.25, 0.3) is 0 Å². The molecule has 0 amide bonds. The van der Waals surface area contributed by atoms with Gasteiger partial charge in [-0.3, -0.25) is 4.90 Å². The molecule has 2 heteroatoms. The van der Waals surface area contributed by atoms with Gasteiger partial charge in [-0.1, -0.05) is 25.3 Å². The summed E-state index contributed by atoms with van der Waals surface area (Å²) in [5.41, 5.74) is 0.435. The van der Waals surface area contributed by atoms with Gasteiger partial charge in [-0.25, -0.2) is 0 Å². The summed E-state index contributed by atoms with van der Waals surface area (Å²) in [7, 11) is 0. The molecule has 98 valence electrons. The molecule has 0 aromatic carbocycles. The second-order valence-electron chi connectivity index (χ2n) is 5.97. The third kappa shape index (κ3) is 3.32.